The molecule has 0 aliphatic carbocycles. The van der Waals surface area contributed by atoms with Crippen molar-refractivity contribution in [1.29, 1.82) is 0 Å². The molecule has 0 atom stereocenters. The van der Waals surface area contributed by atoms with Crippen LogP contribution in [0.4, 0.5) is 0 Å². The van der Waals surface area contributed by atoms with E-state index in [0.29, 0.717) is 24.7 Å². The van der Waals surface area contributed by atoms with E-state index in [2.05, 4.69) is 35.4 Å². The molecule has 1 heterocycles. The van der Waals surface area contributed by atoms with Gasteiger partial charge >= 0.3 is 5.97 Å². The first-order valence-corrected chi connectivity index (χ1v) is 11.2. The van der Waals surface area contributed by atoms with Crippen molar-refractivity contribution in [2.45, 2.75) is 26.5 Å². The van der Waals surface area contributed by atoms with E-state index < -0.39 is 0 Å². The number of methoxy groups -OCH3 is 1. The summed E-state index contributed by atoms with van der Waals surface area (Å²) in [5.74, 6) is 0.915. The maximum Gasteiger partial charge on any atom is 0.310 e. The van der Waals surface area contributed by atoms with Gasteiger partial charge in [0.15, 0.2) is 0 Å². The number of hydrogen-bond donors (Lipinski definition) is 1. The topological polar surface area (TPSA) is 88.6 Å². The number of aryl methyl sites for hydroxylation is 1. The molecule has 0 aliphatic heterocycles. The molecule has 4 aromatic rings. The highest BCUT2D eigenvalue weighted by Crippen LogP contribution is 2.30. The van der Waals surface area contributed by atoms with Crippen LogP contribution < -0.4 is 15.2 Å². The van der Waals surface area contributed by atoms with E-state index in [0.717, 1.165) is 38.9 Å². The van der Waals surface area contributed by atoms with Crippen molar-refractivity contribution in [2.24, 2.45) is 12.8 Å². The summed E-state index contributed by atoms with van der Waals surface area (Å²) in [4.78, 5) is 12.1. The van der Waals surface area contributed by atoms with Gasteiger partial charge in [-0.1, -0.05) is 30.3 Å². The number of hydrogen-bond acceptors (Lipinski definition) is 6. The minimum atomic E-state index is -0.301. The maximum absolute atomic E-state index is 12.1. The Hall–Kier alpha value is -3.84. The summed E-state index contributed by atoms with van der Waals surface area (Å²) in [5, 5.41) is 5.69. The Labute approximate surface area is 199 Å². The van der Waals surface area contributed by atoms with Crippen molar-refractivity contribution < 1.29 is 19.0 Å². The van der Waals surface area contributed by atoms with Crippen LogP contribution in [-0.4, -0.2) is 29.5 Å². The maximum atomic E-state index is 12.1. The van der Waals surface area contributed by atoms with Crippen LogP contribution in [0.2, 0.25) is 0 Å². The number of ether oxygens (including phenoxy) is 3. The number of benzene rings is 3. The Morgan fingerprint density at radius 1 is 1.06 bits per heavy atom. The molecule has 0 saturated heterocycles. The van der Waals surface area contributed by atoms with Gasteiger partial charge < -0.3 is 19.9 Å². The third kappa shape index (κ3) is 5.05. The summed E-state index contributed by atoms with van der Waals surface area (Å²) in [7, 11) is 3.51. The molecule has 7 nitrogen and oxygen atoms in total. The molecule has 0 saturated carbocycles. The van der Waals surface area contributed by atoms with E-state index in [-0.39, 0.29) is 19.0 Å². The normalized spacial score (nSPS) is 10.9. The van der Waals surface area contributed by atoms with E-state index >= 15 is 0 Å². The van der Waals surface area contributed by atoms with Gasteiger partial charge in [-0.15, -0.1) is 0 Å². The van der Waals surface area contributed by atoms with Crippen LogP contribution in [-0.2, 0) is 36.2 Å². The number of nitrogens with two attached hydrogens (primary N) is 1. The second kappa shape index (κ2) is 10.4. The van der Waals surface area contributed by atoms with Crippen molar-refractivity contribution in [3.05, 3.63) is 77.5 Å². The van der Waals surface area contributed by atoms with Gasteiger partial charge in [-0.2, -0.15) is 5.10 Å². The Balaban J connectivity index is 1.64. The Bertz CT molecular complexity index is 1310. The van der Waals surface area contributed by atoms with Crippen LogP contribution in [0.1, 0.15) is 23.7 Å². The minimum Gasteiger partial charge on any atom is -0.497 e. The Morgan fingerprint density at radius 3 is 2.65 bits per heavy atom. The fourth-order valence-corrected chi connectivity index (χ4v) is 3.96. The molecule has 0 aliphatic rings. The van der Waals surface area contributed by atoms with Crippen molar-refractivity contribution >= 4 is 16.9 Å². The predicted octanol–water partition coefficient (Wildman–Crippen LogP) is 4.39. The molecular weight excluding hydrogens is 430 g/mol. The zero-order chi connectivity index (χ0) is 24.1. The van der Waals surface area contributed by atoms with Gasteiger partial charge in [0, 0.05) is 30.6 Å². The largest absolute Gasteiger partial charge is 0.497 e. The van der Waals surface area contributed by atoms with Gasteiger partial charge in [-0.25, -0.2) is 0 Å². The first-order chi connectivity index (χ1) is 16.5. The zero-order valence-electron chi connectivity index (χ0n) is 19.7. The van der Waals surface area contributed by atoms with E-state index in [9.17, 15) is 4.79 Å². The van der Waals surface area contributed by atoms with Crippen LogP contribution in [0.5, 0.6) is 11.5 Å². The Morgan fingerprint density at radius 2 is 1.88 bits per heavy atom. The molecule has 2 N–H and O–H groups in total. The molecule has 0 radical (unpaired) electrons. The number of carbonyl (C=O) groups excluding carboxylic acids is 1. The first kappa shape index (κ1) is 23.3. The zero-order valence-corrected chi connectivity index (χ0v) is 19.7. The second-order valence-corrected chi connectivity index (χ2v) is 7.95. The molecular formula is C27H29N3O4. The smallest absolute Gasteiger partial charge is 0.310 e. The SMILES string of the molecule is CCOC(=O)Cc1ccc(OC)cc1OCc1nn(C)c2ccc(-c3cccc(CN)c3)cc12. The molecule has 1 aromatic heterocycles. The number of carbonyl (C=O) groups is 1. The lowest BCUT2D eigenvalue weighted by atomic mass is 10.0. The number of fused-ring (bicyclic) bond motifs is 1. The Kier molecular flexibility index (Phi) is 7.13. The quantitative estimate of drug-likeness (QED) is 0.374. The van der Waals surface area contributed by atoms with Crippen molar-refractivity contribution in [3.63, 3.8) is 0 Å². The summed E-state index contributed by atoms with van der Waals surface area (Å²) >= 11 is 0. The monoisotopic (exact) mass is 459 g/mol. The highest BCUT2D eigenvalue weighted by Gasteiger charge is 2.15. The van der Waals surface area contributed by atoms with Crippen molar-refractivity contribution in [2.75, 3.05) is 13.7 Å². The van der Waals surface area contributed by atoms with Crippen molar-refractivity contribution in [1.82, 2.24) is 9.78 Å². The summed E-state index contributed by atoms with van der Waals surface area (Å²) in [6.45, 7) is 2.86. The summed E-state index contributed by atoms with van der Waals surface area (Å²) < 4.78 is 18.5. The average Bonchev–Trinajstić information content (AvgIpc) is 3.18. The van der Waals surface area contributed by atoms with Crippen molar-refractivity contribution in [3.8, 4) is 22.6 Å². The van der Waals surface area contributed by atoms with E-state index in [1.54, 1.807) is 26.2 Å². The summed E-state index contributed by atoms with van der Waals surface area (Å²) in [6, 6.07) is 19.9. The predicted molar refractivity (Wildman–Crippen MR) is 132 cm³/mol. The summed E-state index contributed by atoms with van der Waals surface area (Å²) in [5.41, 5.74) is 11.6. The molecule has 176 valence electrons. The summed E-state index contributed by atoms with van der Waals surface area (Å²) in [6.07, 6.45) is 0.123. The molecule has 34 heavy (non-hydrogen) atoms. The number of nitrogens with zero attached hydrogens (tertiary/aromatic N) is 2. The van der Waals surface area contributed by atoms with Crippen LogP contribution in [0.15, 0.2) is 60.7 Å². The van der Waals surface area contributed by atoms with Gasteiger partial charge in [0.25, 0.3) is 0 Å². The third-order valence-corrected chi connectivity index (χ3v) is 5.70. The molecule has 0 unspecified atom stereocenters. The van der Waals surface area contributed by atoms with Gasteiger partial charge in [-0.05, 0) is 47.9 Å². The van der Waals surface area contributed by atoms with Gasteiger partial charge in [-0.3, -0.25) is 9.48 Å². The van der Waals surface area contributed by atoms with E-state index in [1.807, 2.05) is 29.9 Å². The molecule has 0 bridgehead atoms. The second-order valence-electron chi connectivity index (χ2n) is 7.95. The van der Waals surface area contributed by atoms with Gasteiger partial charge in [0.05, 0.1) is 25.7 Å². The van der Waals surface area contributed by atoms with Crippen LogP contribution in [0.25, 0.3) is 22.0 Å². The standard InChI is InChI=1S/C27H29N3O4/c1-4-33-27(31)14-21-8-10-22(32-3)15-26(21)34-17-24-23-13-20(9-11-25(23)30(2)29-24)19-7-5-6-18(12-19)16-28/h5-13,15H,4,14,16-17,28H2,1-3H3. The van der Waals surface area contributed by atoms with E-state index in [1.165, 1.54) is 0 Å². The van der Waals surface area contributed by atoms with Crippen LogP contribution in [0.3, 0.4) is 0 Å². The fourth-order valence-electron chi connectivity index (χ4n) is 3.96. The molecule has 4 rings (SSSR count). The average molecular weight is 460 g/mol. The molecule has 3 aromatic carbocycles. The lowest BCUT2D eigenvalue weighted by Crippen LogP contribution is -2.09. The number of rotatable bonds is 9. The van der Waals surface area contributed by atoms with E-state index in [4.69, 9.17) is 19.9 Å². The highest BCUT2D eigenvalue weighted by atomic mass is 16.5. The number of aromatic nitrogens is 2. The number of esters is 1. The molecule has 7 heteroatoms. The molecule has 0 fully saturated rings. The first-order valence-electron chi connectivity index (χ1n) is 11.2. The minimum absolute atomic E-state index is 0.123. The van der Waals surface area contributed by atoms with Gasteiger partial charge in [0.2, 0.25) is 0 Å². The lowest BCUT2D eigenvalue weighted by molar-refractivity contribution is -0.142. The lowest BCUT2D eigenvalue weighted by Gasteiger charge is -2.12. The third-order valence-electron chi connectivity index (χ3n) is 5.70. The molecule has 0 spiro atoms. The van der Waals surface area contributed by atoms with Crippen LogP contribution in [0, 0.1) is 0 Å². The fraction of sp³-hybridized carbons (Fsp3) is 0.259. The highest BCUT2D eigenvalue weighted by molar-refractivity contribution is 5.87. The van der Waals surface area contributed by atoms with Gasteiger partial charge in [0.1, 0.15) is 23.8 Å². The molecule has 0 amide bonds. The van der Waals surface area contributed by atoms with Crippen LogP contribution >= 0.6 is 0 Å².